The number of carboxylic acids is 2. The van der Waals surface area contributed by atoms with Crippen LogP contribution in [0.4, 0.5) is 0 Å². The summed E-state index contributed by atoms with van der Waals surface area (Å²) >= 11 is 0. The van der Waals surface area contributed by atoms with Crippen molar-refractivity contribution in [3.8, 4) is 0 Å². The fourth-order valence-corrected chi connectivity index (χ4v) is 5.45. The summed E-state index contributed by atoms with van der Waals surface area (Å²) in [6.45, 7) is 2.58. The number of nitrogens with zero attached hydrogens (tertiary/aromatic N) is 2. The molecule has 0 aromatic heterocycles. The van der Waals surface area contributed by atoms with Crippen molar-refractivity contribution in [2.45, 2.75) is 25.9 Å². The number of carboxylic acid groups (broad SMARTS) is 2. The van der Waals surface area contributed by atoms with Crippen LogP contribution in [0.15, 0.2) is 0 Å². The Labute approximate surface area is 146 Å². The minimum atomic E-state index is -1.10. The van der Waals surface area contributed by atoms with Crippen LogP contribution < -0.4 is 0 Å². The van der Waals surface area contributed by atoms with E-state index in [0.717, 1.165) is 9.80 Å². The van der Waals surface area contributed by atoms with E-state index in [2.05, 4.69) is 0 Å². The van der Waals surface area contributed by atoms with Crippen molar-refractivity contribution in [1.82, 2.24) is 9.80 Å². The lowest BCUT2D eigenvalue weighted by Gasteiger charge is -2.24. The van der Waals surface area contributed by atoms with Crippen molar-refractivity contribution in [3.63, 3.8) is 0 Å². The molecule has 2 amide bonds. The van der Waals surface area contributed by atoms with Gasteiger partial charge in [0.1, 0.15) is 12.1 Å². The third-order valence-electron chi connectivity index (χ3n) is 3.05. The minimum Gasteiger partial charge on any atom is -0.480 e. The van der Waals surface area contributed by atoms with Gasteiger partial charge in [0.05, 0.1) is 0 Å². The molecule has 0 aliphatic heterocycles. The number of hydrogen-bond acceptors (Lipinski definition) is 7. The van der Waals surface area contributed by atoms with E-state index in [-0.39, 0.29) is 23.3 Å². The van der Waals surface area contributed by atoms with Crippen LogP contribution in [0.1, 0.15) is 13.8 Å². The van der Waals surface area contributed by atoms with Crippen molar-refractivity contribution < 1.29 is 29.4 Å². The summed E-state index contributed by atoms with van der Waals surface area (Å²) in [4.78, 5) is 47.0. The van der Waals surface area contributed by atoms with Gasteiger partial charge < -0.3 is 20.0 Å². The molecule has 0 aliphatic rings. The van der Waals surface area contributed by atoms with Gasteiger partial charge in [0.25, 0.3) is 0 Å². The van der Waals surface area contributed by atoms with Crippen molar-refractivity contribution in [2.75, 3.05) is 25.6 Å². The maximum absolute atomic E-state index is 11.2. The molecule has 0 aromatic carbocycles. The Morgan fingerprint density at radius 2 is 1.13 bits per heavy atom. The Kier molecular flexibility index (Phi) is 10.2. The van der Waals surface area contributed by atoms with Crippen LogP contribution in [0.25, 0.3) is 0 Å². The number of aliphatic carboxylic acids is 2. The fraction of sp³-hybridized carbons (Fsp3) is 0.667. The number of amides is 2. The van der Waals surface area contributed by atoms with Crippen LogP contribution in [0.3, 0.4) is 0 Å². The summed E-state index contributed by atoms with van der Waals surface area (Å²) in [5, 5.41) is 18.2. The monoisotopic (exact) mass is 384 g/mol. The second-order valence-corrected chi connectivity index (χ2v) is 8.93. The normalized spacial score (nSPS) is 13.0. The Hall–Kier alpha value is -1.07. The highest BCUT2D eigenvalue weighted by Crippen LogP contribution is 2.36. The van der Waals surface area contributed by atoms with E-state index in [9.17, 15) is 19.2 Å². The first kappa shape index (κ1) is 21.9. The zero-order valence-electron chi connectivity index (χ0n) is 13.2. The molecule has 23 heavy (non-hydrogen) atoms. The average Bonchev–Trinajstić information content (AvgIpc) is 2.44. The zero-order valence-corrected chi connectivity index (χ0v) is 15.7. The summed E-state index contributed by atoms with van der Waals surface area (Å²) in [5.41, 5.74) is 0. The van der Waals surface area contributed by atoms with Gasteiger partial charge in [0, 0.05) is 39.4 Å². The molecule has 0 radical (unpaired) electrons. The van der Waals surface area contributed by atoms with Gasteiger partial charge in [-0.05, 0) is 9.83 Å². The molecule has 2 atom stereocenters. The van der Waals surface area contributed by atoms with Gasteiger partial charge in [-0.25, -0.2) is 9.59 Å². The Morgan fingerprint density at radius 3 is 1.35 bits per heavy atom. The lowest BCUT2D eigenvalue weighted by molar-refractivity contribution is -0.147. The van der Waals surface area contributed by atoms with Gasteiger partial charge in [-0.2, -0.15) is 0 Å². The van der Waals surface area contributed by atoms with Crippen LogP contribution in [-0.2, 0) is 19.2 Å². The smallest absolute Gasteiger partial charge is 0.327 e. The molecule has 0 bridgehead atoms. The van der Waals surface area contributed by atoms with Gasteiger partial charge in [0.2, 0.25) is 11.8 Å². The molecule has 0 heterocycles. The molecule has 0 saturated heterocycles. The number of rotatable bonds is 10. The molecule has 2 N–H and O–H groups in total. The van der Waals surface area contributed by atoms with Crippen molar-refractivity contribution in [2.24, 2.45) is 0 Å². The second kappa shape index (κ2) is 10.7. The molecular weight excluding hydrogens is 364 g/mol. The maximum Gasteiger partial charge on any atom is 0.327 e. The number of likely N-dealkylation sites (N-methyl/N-ethyl adjacent to an activating group) is 2. The third kappa shape index (κ3) is 7.84. The highest BCUT2D eigenvalue weighted by Gasteiger charge is 2.26. The number of carbonyl (C=O) groups is 4. The molecule has 0 unspecified atom stereocenters. The van der Waals surface area contributed by atoms with Gasteiger partial charge >= 0.3 is 11.9 Å². The predicted octanol–water partition coefficient (Wildman–Crippen LogP) is 0.879. The van der Waals surface area contributed by atoms with E-state index in [1.807, 2.05) is 0 Å². The first-order valence-corrected chi connectivity index (χ1v) is 10.2. The molecule has 0 fully saturated rings. The zero-order chi connectivity index (χ0) is 18.2. The fourth-order valence-electron chi connectivity index (χ4n) is 1.35. The second-order valence-electron chi connectivity index (χ2n) is 4.60. The molecule has 0 rings (SSSR count). The summed E-state index contributed by atoms with van der Waals surface area (Å²) in [6.07, 6.45) is 0. The SMILES string of the molecule is CC(=O)N(C)[C@@H](CSSSC[C@@H](C(=O)O)N(C)C(C)=O)C(=O)O. The predicted molar refractivity (Wildman–Crippen MR) is 92.2 cm³/mol. The average molecular weight is 385 g/mol. The molecule has 0 aliphatic carbocycles. The highest BCUT2D eigenvalue weighted by molar-refractivity contribution is 9.09. The van der Waals surface area contributed by atoms with Gasteiger partial charge in [0.15, 0.2) is 0 Å². The Bertz CT molecular complexity index is 422. The van der Waals surface area contributed by atoms with E-state index in [1.165, 1.54) is 59.4 Å². The Morgan fingerprint density at radius 1 is 0.826 bits per heavy atom. The standard InChI is InChI=1S/C12H20N2O6S3/c1-7(15)13(3)9(11(17)18)5-21-23-22-6-10(12(19)20)14(4)8(2)16/h9-10H,5-6H2,1-4H3,(H,17,18)(H,19,20)/t9-,10-/m0/s1. The van der Waals surface area contributed by atoms with Crippen molar-refractivity contribution >= 4 is 55.2 Å². The highest BCUT2D eigenvalue weighted by atomic mass is 33.5. The van der Waals surface area contributed by atoms with Crippen LogP contribution >= 0.6 is 31.4 Å². The largest absolute Gasteiger partial charge is 0.480 e. The molecule has 0 aromatic rings. The molecule has 8 nitrogen and oxygen atoms in total. The molecule has 11 heteroatoms. The van der Waals surface area contributed by atoms with Crippen LogP contribution in [0.2, 0.25) is 0 Å². The third-order valence-corrected chi connectivity index (χ3v) is 7.27. The van der Waals surface area contributed by atoms with Crippen LogP contribution in [0, 0.1) is 0 Å². The van der Waals surface area contributed by atoms with Gasteiger partial charge in [-0.1, -0.05) is 21.6 Å². The number of hydrogen-bond donors (Lipinski definition) is 2. The summed E-state index contributed by atoms with van der Waals surface area (Å²) in [7, 11) is 6.51. The first-order chi connectivity index (χ1) is 10.6. The van der Waals surface area contributed by atoms with Crippen LogP contribution in [0.5, 0.6) is 0 Å². The molecule has 0 saturated carbocycles. The van der Waals surface area contributed by atoms with Gasteiger partial charge in [-0.15, -0.1) is 0 Å². The van der Waals surface area contributed by atoms with Crippen molar-refractivity contribution in [3.05, 3.63) is 0 Å². The molecule has 0 spiro atoms. The molecule has 132 valence electrons. The lowest BCUT2D eigenvalue weighted by atomic mass is 10.3. The molecular formula is C12H20N2O6S3. The van der Waals surface area contributed by atoms with E-state index >= 15 is 0 Å². The summed E-state index contributed by atoms with van der Waals surface area (Å²) in [6, 6.07) is -1.89. The summed E-state index contributed by atoms with van der Waals surface area (Å²) < 4.78 is 0. The van der Waals surface area contributed by atoms with Crippen LogP contribution in [-0.4, -0.2) is 81.5 Å². The number of carbonyl (C=O) groups excluding carboxylic acids is 2. The van der Waals surface area contributed by atoms with E-state index < -0.39 is 24.0 Å². The maximum atomic E-state index is 11.2. The van der Waals surface area contributed by atoms with Gasteiger partial charge in [-0.3, -0.25) is 9.59 Å². The summed E-state index contributed by atoms with van der Waals surface area (Å²) in [5.74, 6) is -2.54. The van der Waals surface area contributed by atoms with E-state index in [4.69, 9.17) is 10.2 Å². The lowest BCUT2D eigenvalue weighted by Crippen LogP contribution is -2.43. The quantitative estimate of drug-likeness (QED) is 0.418. The van der Waals surface area contributed by atoms with Crippen molar-refractivity contribution in [1.29, 1.82) is 0 Å². The minimum absolute atomic E-state index is 0.170. The Balaban J connectivity index is 4.33. The first-order valence-electron chi connectivity index (χ1n) is 6.43. The topological polar surface area (TPSA) is 115 Å². The van der Waals surface area contributed by atoms with E-state index in [1.54, 1.807) is 0 Å². The van der Waals surface area contributed by atoms with E-state index in [0.29, 0.717) is 0 Å².